The zero-order valence-electron chi connectivity index (χ0n) is 16.8. The third kappa shape index (κ3) is 6.31. The summed E-state index contributed by atoms with van der Waals surface area (Å²) in [5, 5.41) is 3.12. The molecule has 0 aliphatic carbocycles. The smallest absolute Gasteiger partial charge is 0.251 e. The number of rotatable bonds is 8. The van der Waals surface area contributed by atoms with Gasteiger partial charge in [-0.05, 0) is 44.6 Å². The third-order valence-corrected chi connectivity index (χ3v) is 5.56. The number of hydrogen-bond acceptors (Lipinski definition) is 4. The highest BCUT2D eigenvalue weighted by Crippen LogP contribution is 2.16. The summed E-state index contributed by atoms with van der Waals surface area (Å²) in [6, 6.07) is 10.2. The number of hydrogen-bond donors (Lipinski definition) is 1. The predicted octanol–water partition coefficient (Wildman–Crippen LogP) is 2.31. The van der Waals surface area contributed by atoms with E-state index in [9.17, 15) is 9.59 Å². The SMILES string of the molecule is CC(OCC1CCCO1)C(=O)N1CCC(NC(=O)CCc2ccccc2)CC1. The molecule has 1 N–H and O–H groups in total. The number of nitrogens with one attached hydrogen (secondary N) is 1. The van der Waals surface area contributed by atoms with Gasteiger partial charge in [-0.1, -0.05) is 30.3 Å². The summed E-state index contributed by atoms with van der Waals surface area (Å²) in [5.74, 6) is 0.119. The highest BCUT2D eigenvalue weighted by Gasteiger charge is 2.28. The maximum Gasteiger partial charge on any atom is 0.251 e. The first-order valence-electron chi connectivity index (χ1n) is 10.5. The average Bonchev–Trinajstić information content (AvgIpc) is 3.25. The van der Waals surface area contributed by atoms with Gasteiger partial charge in [-0.3, -0.25) is 9.59 Å². The fourth-order valence-corrected chi connectivity index (χ4v) is 3.80. The second kappa shape index (κ2) is 10.6. The average molecular weight is 389 g/mol. The third-order valence-electron chi connectivity index (χ3n) is 5.56. The standard InChI is InChI=1S/C22H32N2O4/c1-17(28-16-20-8-5-15-27-20)22(26)24-13-11-19(12-14-24)23-21(25)10-9-18-6-3-2-4-7-18/h2-4,6-7,17,19-20H,5,8-16H2,1H3,(H,23,25). The van der Waals surface area contributed by atoms with Crippen LogP contribution in [0.25, 0.3) is 0 Å². The fraction of sp³-hybridized carbons (Fsp3) is 0.636. The van der Waals surface area contributed by atoms with Gasteiger partial charge < -0.3 is 19.7 Å². The van der Waals surface area contributed by atoms with Gasteiger partial charge in [0.25, 0.3) is 5.91 Å². The molecule has 1 aromatic carbocycles. The van der Waals surface area contributed by atoms with Crippen LogP contribution in [0.1, 0.15) is 44.6 Å². The molecule has 0 radical (unpaired) electrons. The Morgan fingerprint density at radius 1 is 1.21 bits per heavy atom. The molecule has 0 bridgehead atoms. The largest absolute Gasteiger partial charge is 0.376 e. The van der Waals surface area contributed by atoms with Crippen molar-refractivity contribution in [2.45, 2.75) is 63.7 Å². The number of likely N-dealkylation sites (tertiary alicyclic amines) is 1. The van der Waals surface area contributed by atoms with Crippen molar-refractivity contribution in [3.05, 3.63) is 35.9 Å². The summed E-state index contributed by atoms with van der Waals surface area (Å²) in [5.41, 5.74) is 1.18. The molecule has 154 valence electrons. The van der Waals surface area contributed by atoms with Crippen molar-refractivity contribution in [3.63, 3.8) is 0 Å². The molecule has 2 amide bonds. The Morgan fingerprint density at radius 2 is 1.96 bits per heavy atom. The van der Waals surface area contributed by atoms with Crippen molar-refractivity contribution < 1.29 is 19.1 Å². The zero-order chi connectivity index (χ0) is 19.8. The molecule has 0 aromatic heterocycles. The van der Waals surface area contributed by atoms with E-state index in [2.05, 4.69) is 5.32 Å². The Balaban J connectivity index is 1.33. The number of carbonyl (C=O) groups excluding carboxylic acids is 2. The van der Waals surface area contributed by atoms with Crippen LogP contribution in [0.2, 0.25) is 0 Å². The van der Waals surface area contributed by atoms with Gasteiger partial charge in [0.15, 0.2) is 0 Å². The first-order valence-corrected chi connectivity index (χ1v) is 10.5. The van der Waals surface area contributed by atoms with Gasteiger partial charge in [0.2, 0.25) is 5.91 Å². The second-order valence-corrected chi connectivity index (χ2v) is 7.76. The Morgan fingerprint density at radius 3 is 2.64 bits per heavy atom. The highest BCUT2D eigenvalue weighted by molar-refractivity contribution is 5.80. The maximum atomic E-state index is 12.6. The molecule has 2 heterocycles. The van der Waals surface area contributed by atoms with Crippen molar-refractivity contribution in [2.75, 3.05) is 26.3 Å². The minimum Gasteiger partial charge on any atom is -0.376 e. The van der Waals surface area contributed by atoms with Crippen molar-refractivity contribution in [1.29, 1.82) is 0 Å². The van der Waals surface area contributed by atoms with Gasteiger partial charge in [0.05, 0.1) is 12.7 Å². The quantitative estimate of drug-likeness (QED) is 0.742. The number of benzene rings is 1. The van der Waals surface area contributed by atoms with E-state index in [4.69, 9.17) is 9.47 Å². The Labute approximate surface area is 167 Å². The molecule has 1 aromatic rings. The van der Waals surface area contributed by atoms with Gasteiger partial charge in [0.1, 0.15) is 6.10 Å². The van der Waals surface area contributed by atoms with E-state index in [1.54, 1.807) is 0 Å². The number of amides is 2. The van der Waals surface area contributed by atoms with Crippen molar-refractivity contribution in [2.24, 2.45) is 0 Å². The molecule has 0 saturated carbocycles. The van der Waals surface area contributed by atoms with E-state index in [1.807, 2.05) is 42.2 Å². The van der Waals surface area contributed by atoms with Crippen LogP contribution in [0.5, 0.6) is 0 Å². The van der Waals surface area contributed by atoms with E-state index < -0.39 is 6.10 Å². The van der Waals surface area contributed by atoms with Gasteiger partial charge in [0, 0.05) is 32.2 Å². The molecule has 0 spiro atoms. The van der Waals surface area contributed by atoms with E-state index in [-0.39, 0.29) is 24.0 Å². The van der Waals surface area contributed by atoms with E-state index in [0.29, 0.717) is 26.1 Å². The monoisotopic (exact) mass is 388 g/mol. The summed E-state index contributed by atoms with van der Waals surface area (Å²) in [7, 11) is 0. The normalized spacial score (nSPS) is 21.5. The maximum absolute atomic E-state index is 12.6. The van der Waals surface area contributed by atoms with Gasteiger partial charge >= 0.3 is 0 Å². The second-order valence-electron chi connectivity index (χ2n) is 7.76. The van der Waals surface area contributed by atoms with Gasteiger partial charge in [-0.15, -0.1) is 0 Å². The summed E-state index contributed by atoms with van der Waals surface area (Å²) >= 11 is 0. The van der Waals surface area contributed by atoms with Crippen molar-refractivity contribution >= 4 is 11.8 Å². The zero-order valence-corrected chi connectivity index (χ0v) is 16.8. The van der Waals surface area contributed by atoms with Crippen LogP contribution in [0.15, 0.2) is 30.3 Å². The first kappa shape index (κ1) is 20.8. The number of aryl methyl sites for hydroxylation is 1. The molecule has 2 unspecified atom stereocenters. The minimum absolute atomic E-state index is 0.0341. The topological polar surface area (TPSA) is 67.9 Å². The summed E-state index contributed by atoms with van der Waals surface area (Å²) in [6.45, 7) is 4.42. The number of nitrogens with zero attached hydrogens (tertiary/aromatic N) is 1. The summed E-state index contributed by atoms with van der Waals surface area (Å²) in [4.78, 5) is 26.6. The van der Waals surface area contributed by atoms with Crippen molar-refractivity contribution in [3.8, 4) is 0 Å². The van der Waals surface area contributed by atoms with Crippen LogP contribution in [-0.4, -0.2) is 61.3 Å². The molecule has 2 aliphatic heterocycles. The van der Waals surface area contributed by atoms with Crippen LogP contribution in [0.4, 0.5) is 0 Å². The molecule has 2 atom stereocenters. The van der Waals surface area contributed by atoms with Gasteiger partial charge in [-0.2, -0.15) is 0 Å². The van der Waals surface area contributed by atoms with Crippen LogP contribution in [0, 0.1) is 0 Å². The Hall–Kier alpha value is -1.92. The molecule has 28 heavy (non-hydrogen) atoms. The Kier molecular flexibility index (Phi) is 7.86. The Bertz CT molecular complexity index is 623. The van der Waals surface area contributed by atoms with Crippen LogP contribution < -0.4 is 5.32 Å². The number of ether oxygens (including phenoxy) is 2. The van der Waals surface area contributed by atoms with E-state index >= 15 is 0 Å². The van der Waals surface area contributed by atoms with Gasteiger partial charge in [-0.25, -0.2) is 0 Å². The molecule has 3 rings (SSSR count). The molecule has 6 heteroatoms. The lowest BCUT2D eigenvalue weighted by Crippen LogP contribution is -2.49. The molecular weight excluding hydrogens is 356 g/mol. The van der Waals surface area contributed by atoms with Crippen LogP contribution >= 0.6 is 0 Å². The van der Waals surface area contributed by atoms with Crippen LogP contribution in [-0.2, 0) is 25.5 Å². The summed E-state index contributed by atoms with van der Waals surface area (Å²) in [6.07, 6.45) is 4.61. The fourth-order valence-electron chi connectivity index (χ4n) is 3.80. The van der Waals surface area contributed by atoms with Crippen LogP contribution in [0.3, 0.4) is 0 Å². The predicted molar refractivity (Wildman–Crippen MR) is 107 cm³/mol. The molecule has 6 nitrogen and oxygen atoms in total. The lowest BCUT2D eigenvalue weighted by atomic mass is 10.0. The lowest BCUT2D eigenvalue weighted by molar-refractivity contribution is -0.145. The van der Waals surface area contributed by atoms with E-state index in [0.717, 1.165) is 38.7 Å². The minimum atomic E-state index is -0.443. The first-order chi connectivity index (χ1) is 13.6. The van der Waals surface area contributed by atoms with Crippen molar-refractivity contribution in [1.82, 2.24) is 10.2 Å². The summed E-state index contributed by atoms with van der Waals surface area (Å²) < 4.78 is 11.3. The molecule has 2 fully saturated rings. The highest BCUT2D eigenvalue weighted by atomic mass is 16.5. The molecule has 2 aliphatic rings. The number of carbonyl (C=O) groups is 2. The van der Waals surface area contributed by atoms with E-state index in [1.165, 1.54) is 5.56 Å². The molecule has 2 saturated heterocycles. The molecular formula is C22H32N2O4. The number of piperidine rings is 1. The lowest BCUT2D eigenvalue weighted by Gasteiger charge is -2.34.